The molecule has 0 atom stereocenters. The van der Waals surface area contributed by atoms with Gasteiger partial charge in [-0.2, -0.15) is 24.6 Å². The molecule has 0 spiro atoms. The van der Waals surface area contributed by atoms with Crippen molar-refractivity contribution in [3.63, 3.8) is 0 Å². The number of rotatable bonds is 0. The van der Waals surface area contributed by atoms with Crippen LogP contribution < -0.4 is 0 Å². The molecule has 0 aliphatic heterocycles. The molecule has 0 amide bonds. The molecule has 2 heteroatoms. The Labute approximate surface area is 74.8 Å². The monoisotopic (exact) mass is 191 g/mol. The van der Waals surface area contributed by atoms with Crippen molar-refractivity contribution < 1.29 is 19.5 Å². The summed E-state index contributed by atoms with van der Waals surface area (Å²) in [4.78, 5) is 0. The van der Waals surface area contributed by atoms with Crippen molar-refractivity contribution in [1.29, 1.82) is 0 Å². The SMILES string of the molecule is Cl.[CH2-]c1ccccc1.[Zn]. The van der Waals surface area contributed by atoms with Crippen LogP contribution in [0.2, 0.25) is 0 Å². The first-order valence-electron chi connectivity index (χ1n) is 2.26. The zero-order valence-electron chi connectivity index (χ0n) is 5.21. The van der Waals surface area contributed by atoms with E-state index in [4.69, 9.17) is 0 Å². The second-order valence-electron chi connectivity index (χ2n) is 1.49. The van der Waals surface area contributed by atoms with E-state index in [1.54, 1.807) is 0 Å². The molecular weight excluding hydrogens is 185 g/mol. The van der Waals surface area contributed by atoms with Crippen LogP contribution in [0.5, 0.6) is 0 Å². The molecule has 0 bridgehead atoms. The van der Waals surface area contributed by atoms with E-state index >= 15 is 0 Å². The summed E-state index contributed by atoms with van der Waals surface area (Å²) >= 11 is 0. The van der Waals surface area contributed by atoms with Gasteiger partial charge in [0.15, 0.2) is 0 Å². The molecule has 0 unspecified atom stereocenters. The van der Waals surface area contributed by atoms with Crippen LogP contribution in [0.3, 0.4) is 0 Å². The Morgan fingerprint density at radius 3 is 1.67 bits per heavy atom. The zero-order valence-corrected chi connectivity index (χ0v) is 8.99. The van der Waals surface area contributed by atoms with E-state index in [2.05, 4.69) is 6.92 Å². The van der Waals surface area contributed by atoms with Crippen molar-refractivity contribution in [2.24, 2.45) is 0 Å². The first-order valence-corrected chi connectivity index (χ1v) is 2.26. The van der Waals surface area contributed by atoms with Gasteiger partial charge < -0.3 is 0 Å². The van der Waals surface area contributed by atoms with Crippen LogP contribution >= 0.6 is 12.4 Å². The minimum Gasteiger partial charge on any atom is -0.199 e. The molecule has 0 saturated heterocycles. The van der Waals surface area contributed by atoms with Gasteiger partial charge in [0.1, 0.15) is 0 Å². The molecule has 0 aliphatic rings. The Kier molecular flexibility index (Phi) is 8.01. The molecule has 0 N–H and O–H groups in total. The van der Waals surface area contributed by atoms with E-state index in [-0.39, 0.29) is 31.9 Å². The van der Waals surface area contributed by atoms with E-state index in [0.29, 0.717) is 0 Å². The molecular formula is C7H8ClZn-. The minimum absolute atomic E-state index is 0. The predicted molar refractivity (Wildman–Crippen MR) is 38.1 cm³/mol. The predicted octanol–water partition coefficient (Wildman–Crippen LogP) is 2.29. The van der Waals surface area contributed by atoms with Gasteiger partial charge in [-0.25, -0.2) is 0 Å². The Bertz CT molecular complexity index is 139. The largest absolute Gasteiger partial charge is 0.199 e. The average Bonchev–Trinajstić information content (AvgIpc) is 1.69. The summed E-state index contributed by atoms with van der Waals surface area (Å²) < 4.78 is 0. The summed E-state index contributed by atoms with van der Waals surface area (Å²) in [5.41, 5.74) is 1.07. The molecule has 9 heavy (non-hydrogen) atoms. The maximum atomic E-state index is 3.72. The van der Waals surface area contributed by atoms with E-state index in [9.17, 15) is 0 Å². The molecule has 0 nitrogen and oxygen atoms in total. The van der Waals surface area contributed by atoms with Gasteiger partial charge in [-0.1, -0.05) is 6.07 Å². The van der Waals surface area contributed by atoms with Crippen molar-refractivity contribution in [1.82, 2.24) is 0 Å². The molecule has 0 heterocycles. The summed E-state index contributed by atoms with van der Waals surface area (Å²) in [5.74, 6) is 0. The first-order chi connectivity index (χ1) is 3.39. The van der Waals surface area contributed by atoms with Crippen molar-refractivity contribution in [2.45, 2.75) is 0 Å². The minimum atomic E-state index is 0. The molecule has 1 aromatic carbocycles. The van der Waals surface area contributed by atoms with Gasteiger partial charge >= 0.3 is 0 Å². The van der Waals surface area contributed by atoms with Crippen LogP contribution in [0.15, 0.2) is 30.3 Å². The van der Waals surface area contributed by atoms with Gasteiger partial charge in [-0.15, -0.1) is 24.5 Å². The molecule has 0 saturated carbocycles. The summed E-state index contributed by atoms with van der Waals surface area (Å²) in [6.07, 6.45) is 0. The van der Waals surface area contributed by atoms with Crippen LogP contribution in [-0.4, -0.2) is 0 Å². The quantitative estimate of drug-likeness (QED) is 0.438. The second-order valence-corrected chi connectivity index (χ2v) is 1.49. The Morgan fingerprint density at radius 1 is 1.00 bits per heavy atom. The molecule has 0 aliphatic carbocycles. The zero-order chi connectivity index (χ0) is 5.11. The van der Waals surface area contributed by atoms with E-state index in [1.807, 2.05) is 30.3 Å². The van der Waals surface area contributed by atoms with Crippen LogP contribution in [0, 0.1) is 6.92 Å². The maximum absolute atomic E-state index is 3.72. The maximum Gasteiger partial charge on any atom is 0 e. The van der Waals surface area contributed by atoms with E-state index < -0.39 is 0 Å². The Balaban J connectivity index is 0. The van der Waals surface area contributed by atoms with Crippen molar-refractivity contribution in [2.75, 3.05) is 0 Å². The van der Waals surface area contributed by atoms with Gasteiger partial charge in [0.25, 0.3) is 0 Å². The summed E-state index contributed by atoms with van der Waals surface area (Å²) in [6, 6.07) is 9.87. The van der Waals surface area contributed by atoms with Gasteiger partial charge in [-0.05, 0) is 0 Å². The van der Waals surface area contributed by atoms with Crippen LogP contribution in [0.25, 0.3) is 0 Å². The van der Waals surface area contributed by atoms with E-state index in [1.165, 1.54) is 0 Å². The third-order valence-electron chi connectivity index (χ3n) is 0.843. The number of benzene rings is 1. The number of halogens is 1. The van der Waals surface area contributed by atoms with Crippen molar-refractivity contribution >= 4 is 12.4 Å². The van der Waals surface area contributed by atoms with Gasteiger partial charge in [-0.3, -0.25) is 0 Å². The molecule has 46 valence electrons. The summed E-state index contributed by atoms with van der Waals surface area (Å²) in [7, 11) is 0. The normalized spacial score (nSPS) is 6.67. The van der Waals surface area contributed by atoms with Crippen LogP contribution in [0.4, 0.5) is 0 Å². The Hall–Kier alpha value is 0.00338. The standard InChI is InChI=1S/C7H7.ClH.Zn/c1-7-5-3-2-4-6-7;;/h2-6H,1H2;1H;/q-1;;. The third kappa shape index (κ3) is 4.50. The molecule has 1 rings (SSSR count). The fourth-order valence-electron chi connectivity index (χ4n) is 0.478. The fraction of sp³-hybridized carbons (Fsp3) is 0. The van der Waals surface area contributed by atoms with Crippen LogP contribution in [0.1, 0.15) is 5.56 Å². The van der Waals surface area contributed by atoms with Crippen LogP contribution in [-0.2, 0) is 19.5 Å². The molecule has 1 aromatic rings. The summed E-state index contributed by atoms with van der Waals surface area (Å²) in [5, 5.41) is 0. The number of hydrogen-bond acceptors (Lipinski definition) is 0. The topological polar surface area (TPSA) is 0 Å². The van der Waals surface area contributed by atoms with Gasteiger partial charge in [0.2, 0.25) is 0 Å². The van der Waals surface area contributed by atoms with E-state index in [0.717, 1.165) is 5.56 Å². The Morgan fingerprint density at radius 2 is 1.44 bits per heavy atom. The van der Waals surface area contributed by atoms with Crippen molar-refractivity contribution in [3.8, 4) is 0 Å². The first kappa shape index (κ1) is 11.8. The summed E-state index contributed by atoms with van der Waals surface area (Å²) in [6.45, 7) is 3.72. The fourth-order valence-corrected chi connectivity index (χ4v) is 0.478. The smallest absolute Gasteiger partial charge is 0 e. The second kappa shape index (κ2) is 6.13. The van der Waals surface area contributed by atoms with Gasteiger partial charge in [0, 0.05) is 19.5 Å². The average molecular weight is 193 g/mol. The third-order valence-corrected chi connectivity index (χ3v) is 0.843. The molecule has 0 aromatic heterocycles. The number of hydrogen-bond donors (Lipinski definition) is 0. The van der Waals surface area contributed by atoms with Crippen molar-refractivity contribution in [3.05, 3.63) is 42.8 Å². The molecule has 0 radical (unpaired) electrons. The molecule has 0 fully saturated rings. The van der Waals surface area contributed by atoms with Gasteiger partial charge in [0.05, 0.1) is 0 Å².